The minimum absolute atomic E-state index is 0.0147. The van der Waals surface area contributed by atoms with Crippen LogP contribution in [0, 0.1) is 0 Å². The highest BCUT2D eigenvalue weighted by atomic mass is 16.6. The molecule has 2 saturated heterocycles. The summed E-state index contributed by atoms with van der Waals surface area (Å²) in [4.78, 5) is 78.1. The number of rotatable bonds is 7. The second-order valence-electron chi connectivity index (χ2n) is 9.08. The number of nitrogens with zero attached hydrogens (tertiary/aromatic N) is 4. The molecule has 0 aromatic carbocycles. The molecule has 14 nitrogen and oxygen atoms in total. The zero-order valence-corrected chi connectivity index (χ0v) is 20.1. The van der Waals surface area contributed by atoms with Gasteiger partial charge in [-0.15, -0.1) is 0 Å². The van der Waals surface area contributed by atoms with E-state index in [9.17, 15) is 28.8 Å². The molecule has 2 heterocycles. The third-order valence-electron chi connectivity index (χ3n) is 5.28. The molecule has 14 heteroatoms. The lowest BCUT2D eigenvalue weighted by Gasteiger charge is -2.43. The molecule has 2 N–H and O–H groups in total. The Morgan fingerprint density at radius 2 is 1.91 bits per heavy atom. The van der Waals surface area contributed by atoms with Gasteiger partial charge in [-0.05, 0) is 40.0 Å². The number of fused-ring (bicyclic) bond motifs is 1. The summed E-state index contributed by atoms with van der Waals surface area (Å²) < 4.78 is 9.74. The number of carbonyl (C=O) groups excluding carboxylic acids is 6. The fourth-order valence-electron chi connectivity index (χ4n) is 3.79. The normalized spacial score (nSPS) is 21.0. The van der Waals surface area contributed by atoms with E-state index in [1.54, 1.807) is 20.8 Å². The molecule has 2 aliphatic rings. The van der Waals surface area contributed by atoms with Crippen molar-refractivity contribution in [2.75, 3.05) is 13.7 Å². The Bertz CT molecular complexity index is 939. The van der Waals surface area contributed by atoms with E-state index in [0.29, 0.717) is 12.6 Å². The van der Waals surface area contributed by atoms with Crippen molar-refractivity contribution >= 4 is 41.8 Å². The number of amides is 4. The number of carbonyl (C=O) groups is 6. The summed E-state index contributed by atoms with van der Waals surface area (Å²) in [7, 11) is 1.13. The smallest absolute Gasteiger partial charge is 0.407 e. The third-order valence-corrected chi connectivity index (χ3v) is 5.28. The van der Waals surface area contributed by atoms with Crippen LogP contribution in [0.2, 0.25) is 0 Å². The van der Waals surface area contributed by atoms with Gasteiger partial charge in [0, 0.05) is 13.0 Å². The lowest BCUT2D eigenvalue weighted by atomic mass is 10.0. The monoisotopic (exact) mass is 494 g/mol. The highest BCUT2D eigenvalue weighted by Crippen LogP contribution is 2.25. The van der Waals surface area contributed by atoms with Crippen molar-refractivity contribution in [1.82, 2.24) is 20.7 Å². The van der Waals surface area contributed by atoms with Crippen molar-refractivity contribution < 1.29 is 43.0 Å². The van der Waals surface area contributed by atoms with Gasteiger partial charge in [-0.2, -0.15) is 4.79 Å². The van der Waals surface area contributed by atoms with E-state index in [-0.39, 0.29) is 25.8 Å². The maximum Gasteiger partial charge on any atom is 0.407 e. The van der Waals surface area contributed by atoms with E-state index < -0.39 is 65.7 Å². The van der Waals surface area contributed by atoms with Crippen molar-refractivity contribution in [3.8, 4) is 0 Å². The van der Waals surface area contributed by atoms with E-state index in [0.717, 1.165) is 17.1 Å². The SMILES string of the molecule is COC(=O)N[C@H]1CCC(=O)N2CCC[C@@H](C(=O)N[C@@H](CC(=O)OC(C)(C)C)C(=O)C=[N+]=[N-])N2C1=O. The number of hydrogen-bond donors (Lipinski definition) is 2. The lowest BCUT2D eigenvalue weighted by molar-refractivity contribution is -0.176. The lowest BCUT2D eigenvalue weighted by Crippen LogP contribution is -2.64. The number of nitrogens with one attached hydrogen (secondary N) is 2. The molecule has 2 fully saturated rings. The Morgan fingerprint density at radius 1 is 1.23 bits per heavy atom. The summed E-state index contributed by atoms with van der Waals surface area (Å²) in [5.74, 6) is -3.55. The van der Waals surface area contributed by atoms with Crippen LogP contribution in [-0.2, 0) is 33.4 Å². The number of ether oxygens (including phenoxy) is 2. The van der Waals surface area contributed by atoms with Gasteiger partial charge in [-0.1, -0.05) is 0 Å². The quantitative estimate of drug-likeness (QED) is 0.202. The average molecular weight is 495 g/mol. The molecule has 2 rings (SSSR count). The van der Waals surface area contributed by atoms with E-state index in [4.69, 9.17) is 10.3 Å². The van der Waals surface area contributed by atoms with Gasteiger partial charge in [0.2, 0.25) is 11.8 Å². The molecule has 0 aromatic rings. The van der Waals surface area contributed by atoms with Crippen molar-refractivity contribution in [1.29, 1.82) is 0 Å². The molecule has 0 aromatic heterocycles. The average Bonchev–Trinajstić information content (AvgIpc) is 2.89. The highest BCUT2D eigenvalue weighted by molar-refractivity contribution is 6.28. The summed E-state index contributed by atoms with van der Waals surface area (Å²) in [6.45, 7) is 5.09. The standard InChI is InChI=1S/C21H30N6O8/c1-21(2,3)35-17(30)10-13(15(28)11-23-22)24-18(31)14-6-5-9-26-16(29)8-7-12(19(32)27(14)26)25-20(33)34-4/h11-14H,5-10H2,1-4H3,(H,24,31)(H,25,33)/t12-,13-,14-/m0/s1. The van der Waals surface area contributed by atoms with Crippen LogP contribution in [-0.4, -0.2) is 94.0 Å². The maximum absolute atomic E-state index is 13.2. The molecule has 3 atom stereocenters. The van der Waals surface area contributed by atoms with Crippen molar-refractivity contribution in [2.45, 2.75) is 76.6 Å². The van der Waals surface area contributed by atoms with Gasteiger partial charge in [0.15, 0.2) is 0 Å². The first-order valence-corrected chi connectivity index (χ1v) is 11.1. The number of hydrazine groups is 1. The van der Waals surface area contributed by atoms with Gasteiger partial charge in [0.05, 0.1) is 13.5 Å². The van der Waals surface area contributed by atoms with Crippen molar-refractivity contribution in [2.24, 2.45) is 0 Å². The number of ketones is 1. The Hall–Kier alpha value is -3.80. The van der Waals surface area contributed by atoms with E-state index in [1.807, 2.05) is 0 Å². The van der Waals surface area contributed by atoms with Crippen molar-refractivity contribution in [3.05, 3.63) is 5.53 Å². The second kappa shape index (κ2) is 11.6. The van der Waals surface area contributed by atoms with Crippen LogP contribution < -0.4 is 10.6 Å². The number of esters is 1. The Balaban J connectivity index is 2.28. The molecule has 35 heavy (non-hydrogen) atoms. The molecule has 0 spiro atoms. The number of hydrogen-bond acceptors (Lipinski definition) is 8. The van der Waals surface area contributed by atoms with Gasteiger partial charge >= 0.3 is 18.3 Å². The predicted molar refractivity (Wildman–Crippen MR) is 117 cm³/mol. The van der Waals surface area contributed by atoms with Gasteiger partial charge < -0.3 is 25.6 Å². The minimum atomic E-state index is -1.44. The van der Waals surface area contributed by atoms with E-state index >= 15 is 0 Å². The zero-order valence-electron chi connectivity index (χ0n) is 20.1. The first kappa shape index (κ1) is 27.4. The molecular weight excluding hydrogens is 464 g/mol. The van der Waals surface area contributed by atoms with Crippen LogP contribution in [0.15, 0.2) is 0 Å². The summed E-state index contributed by atoms with van der Waals surface area (Å²) in [5, 5.41) is 6.93. The first-order valence-electron chi connectivity index (χ1n) is 11.1. The summed E-state index contributed by atoms with van der Waals surface area (Å²) >= 11 is 0. The van der Waals surface area contributed by atoms with Crippen LogP contribution in [0.5, 0.6) is 0 Å². The fourth-order valence-corrected chi connectivity index (χ4v) is 3.79. The van der Waals surface area contributed by atoms with E-state index in [1.165, 1.54) is 0 Å². The van der Waals surface area contributed by atoms with E-state index in [2.05, 4.69) is 20.2 Å². The third kappa shape index (κ3) is 7.34. The second-order valence-corrected chi connectivity index (χ2v) is 9.08. The Morgan fingerprint density at radius 3 is 2.51 bits per heavy atom. The van der Waals surface area contributed by atoms with Gasteiger partial charge in [-0.3, -0.25) is 29.0 Å². The molecule has 0 unspecified atom stereocenters. The molecule has 0 bridgehead atoms. The molecular formula is C21H30N6O8. The zero-order chi connectivity index (χ0) is 26.3. The number of methoxy groups -OCH3 is 1. The highest BCUT2D eigenvalue weighted by Gasteiger charge is 2.45. The number of Topliss-reactive ketones (excluding diaryl/α,β-unsaturated/α-hetero) is 1. The molecule has 4 amide bonds. The minimum Gasteiger partial charge on any atom is -0.460 e. The summed E-state index contributed by atoms with van der Waals surface area (Å²) in [6, 6.07) is -3.74. The van der Waals surface area contributed by atoms with Gasteiger partial charge in [-0.25, -0.2) is 9.80 Å². The fraction of sp³-hybridized carbons (Fsp3) is 0.667. The first-order chi connectivity index (χ1) is 16.4. The number of alkyl carbamates (subject to hydrolysis) is 1. The largest absolute Gasteiger partial charge is 0.460 e. The summed E-state index contributed by atoms with van der Waals surface area (Å²) in [6.07, 6.45) is -0.352. The molecule has 192 valence electrons. The topological polar surface area (TPSA) is 188 Å². The molecule has 0 aliphatic carbocycles. The summed E-state index contributed by atoms with van der Waals surface area (Å²) in [5.41, 5.74) is 7.89. The van der Waals surface area contributed by atoms with Crippen LogP contribution in [0.3, 0.4) is 0 Å². The van der Waals surface area contributed by atoms with Crippen LogP contribution in [0.1, 0.15) is 52.9 Å². The Kier molecular flexibility index (Phi) is 9.06. The molecule has 0 radical (unpaired) electrons. The molecule has 0 saturated carbocycles. The van der Waals surface area contributed by atoms with Crippen LogP contribution >= 0.6 is 0 Å². The maximum atomic E-state index is 13.2. The van der Waals surface area contributed by atoms with Gasteiger partial charge in [0.1, 0.15) is 23.7 Å². The van der Waals surface area contributed by atoms with Crippen LogP contribution in [0.4, 0.5) is 4.79 Å². The Labute approximate surface area is 201 Å². The van der Waals surface area contributed by atoms with Crippen LogP contribution in [0.25, 0.3) is 5.53 Å². The van der Waals surface area contributed by atoms with Crippen molar-refractivity contribution in [3.63, 3.8) is 0 Å². The predicted octanol–water partition coefficient (Wildman–Crippen LogP) is -0.674. The molecule has 2 aliphatic heterocycles. The van der Waals surface area contributed by atoms with Gasteiger partial charge in [0.25, 0.3) is 11.7 Å².